The molecule has 272 valence electrons. The molecule has 1 aromatic carbocycles. The fourth-order valence-corrected chi connectivity index (χ4v) is 9.90. The number of sulfonamides is 1. The number of nitrogens with one attached hydrogen (secondary N) is 3. The quantitative estimate of drug-likeness (QED) is 0.257. The summed E-state index contributed by atoms with van der Waals surface area (Å²) in [6.07, 6.45) is 3.27. The zero-order chi connectivity index (χ0) is 36.3. The van der Waals surface area contributed by atoms with Crippen LogP contribution < -0.4 is 15.4 Å². The third-order valence-corrected chi connectivity index (χ3v) is 13.8. The van der Waals surface area contributed by atoms with Crippen molar-refractivity contribution in [2.24, 2.45) is 17.3 Å². The number of amides is 4. The van der Waals surface area contributed by atoms with Crippen molar-refractivity contribution in [2.45, 2.75) is 109 Å². The maximum atomic E-state index is 14.7. The Hall–Kier alpha value is -3.43. The van der Waals surface area contributed by atoms with Crippen molar-refractivity contribution in [1.82, 2.24) is 24.8 Å². The predicted molar refractivity (Wildman–Crippen MR) is 189 cm³/mol. The highest BCUT2D eigenvalue weighted by molar-refractivity contribution is 7.91. The summed E-state index contributed by atoms with van der Waals surface area (Å²) < 4.78 is 27.7. The number of nitrogens with zero attached hydrogens (tertiary/aromatic N) is 3. The smallest absolute Gasteiger partial charge is 0.408 e. The van der Waals surface area contributed by atoms with Crippen LogP contribution in [0.25, 0.3) is 0 Å². The normalized spacial score (nSPS) is 26.7. The molecule has 2 aliphatic carbocycles. The summed E-state index contributed by atoms with van der Waals surface area (Å²) in [7, 11) is -3.86. The fourth-order valence-electron chi connectivity index (χ4n) is 7.51. The van der Waals surface area contributed by atoms with Gasteiger partial charge in [0.2, 0.25) is 21.8 Å². The van der Waals surface area contributed by atoms with E-state index in [9.17, 15) is 32.7 Å². The number of carboxylic acid groups (broad SMARTS) is 1. The molecule has 4 N–H and O–H groups in total. The van der Waals surface area contributed by atoms with Gasteiger partial charge in [0.1, 0.15) is 17.6 Å². The minimum absolute atomic E-state index is 0.0656. The van der Waals surface area contributed by atoms with Crippen LogP contribution in [-0.2, 0) is 37.4 Å². The molecule has 1 saturated heterocycles. The average Bonchev–Trinajstić information content (AvgIpc) is 3.87. The standard InChI is InChI=1S/C34H45ClN6O7S2/c1-6-19-14-34(19,30(44)39-50(47,48)21-11-12-21)38-28(42)25-13-18(26-22-9-8-10-24(35)23(22)17-41(26)32(45)46)16-40(25)29(43)27(33(3,4)5)37-31-36-15-20(7-2)49-31/h8-10,15,18-19,21,25-27H,6-7,11-14,16-17H2,1-5H3,(H,36,37)(H,38,42)(H,39,44)(H,45,46)/t18-,19-,25+,26?,27-,34-/m1/s1. The van der Waals surface area contributed by atoms with Crippen LogP contribution in [0, 0.1) is 17.3 Å². The van der Waals surface area contributed by atoms with Gasteiger partial charge in [-0.1, -0.05) is 64.8 Å². The third-order valence-electron chi connectivity index (χ3n) is 10.6. The zero-order valence-electron chi connectivity index (χ0n) is 28.9. The van der Waals surface area contributed by atoms with E-state index in [2.05, 4.69) is 20.3 Å². The second kappa shape index (κ2) is 13.3. The molecule has 2 aliphatic heterocycles. The van der Waals surface area contributed by atoms with Crippen molar-refractivity contribution >= 4 is 61.9 Å². The number of hydrogen-bond donors (Lipinski definition) is 4. The van der Waals surface area contributed by atoms with Gasteiger partial charge >= 0.3 is 6.09 Å². The molecule has 2 aromatic rings. The highest BCUT2D eigenvalue weighted by atomic mass is 35.5. The van der Waals surface area contributed by atoms with Crippen molar-refractivity contribution in [3.05, 3.63) is 45.4 Å². The number of halogens is 1. The van der Waals surface area contributed by atoms with Gasteiger partial charge in [-0.25, -0.2) is 18.2 Å². The molecule has 1 aromatic heterocycles. The van der Waals surface area contributed by atoms with E-state index in [1.165, 1.54) is 21.1 Å². The summed E-state index contributed by atoms with van der Waals surface area (Å²) >= 11 is 7.96. The minimum atomic E-state index is -3.86. The SMILES string of the molecule is CCc1cnc(N[C@H](C(=O)N2C[C@H](C3c4cccc(Cl)c4CN3C(=O)O)C[C@H]2C(=O)N[C@]2(C(=O)NS(=O)(=O)C3CC3)C[C@H]2CC)C(C)(C)C)s1. The van der Waals surface area contributed by atoms with E-state index in [1.54, 1.807) is 18.3 Å². The first-order valence-electron chi connectivity index (χ1n) is 17.2. The van der Waals surface area contributed by atoms with E-state index in [0.29, 0.717) is 35.0 Å². The lowest BCUT2D eigenvalue weighted by atomic mass is 9.85. The topological polar surface area (TPSA) is 178 Å². The van der Waals surface area contributed by atoms with Crippen LogP contribution in [-0.4, -0.2) is 81.5 Å². The second-order valence-electron chi connectivity index (χ2n) is 15.0. The van der Waals surface area contributed by atoms with E-state index in [-0.39, 0.29) is 37.8 Å². The van der Waals surface area contributed by atoms with E-state index >= 15 is 0 Å². The molecule has 3 heterocycles. The van der Waals surface area contributed by atoms with Gasteiger partial charge in [-0.05, 0) is 60.6 Å². The Morgan fingerprint density at radius 3 is 2.46 bits per heavy atom. The number of carbonyl (C=O) groups is 4. The molecule has 0 bridgehead atoms. The molecule has 6 atom stereocenters. The summed E-state index contributed by atoms with van der Waals surface area (Å²) in [6.45, 7) is 9.76. The van der Waals surface area contributed by atoms with Gasteiger partial charge in [-0.15, -0.1) is 11.3 Å². The highest BCUT2D eigenvalue weighted by Gasteiger charge is 2.62. The van der Waals surface area contributed by atoms with E-state index < -0.39 is 68.2 Å². The first-order chi connectivity index (χ1) is 23.5. The minimum Gasteiger partial charge on any atom is -0.465 e. The van der Waals surface area contributed by atoms with Gasteiger partial charge in [0.15, 0.2) is 5.13 Å². The number of carbonyl (C=O) groups excluding carboxylic acids is 3. The molecule has 1 unspecified atom stereocenters. The van der Waals surface area contributed by atoms with Crippen molar-refractivity contribution in [3.8, 4) is 0 Å². The lowest BCUT2D eigenvalue weighted by Gasteiger charge is -2.36. The number of likely N-dealkylation sites (tertiary alicyclic amines) is 1. The lowest BCUT2D eigenvalue weighted by molar-refractivity contribution is -0.141. The molecule has 50 heavy (non-hydrogen) atoms. The number of fused-ring (bicyclic) bond motifs is 1. The number of hydrogen-bond acceptors (Lipinski definition) is 9. The van der Waals surface area contributed by atoms with Crippen LogP contribution in [0.2, 0.25) is 5.02 Å². The Balaban J connectivity index is 1.34. The Morgan fingerprint density at radius 2 is 1.88 bits per heavy atom. The van der Waals surface area contributed by atoms with Crippen LogP contribution in [0.3, 0.4) is 0 Å². The Bertz CT molecular complexity index is 1810. The van der Waals surface area contributed by atoms with Crippen molar-refractivity contribution in [1.29, 1.82) is 0 Å². The molecule has 4 amide bonds. The number of benzene rings is 1. The molecular weight excluding hydrogens is 704 g/mol. The molecule has 4 aliphatic rings. The lowest BCUT2D eigenvalue weighted by Crippen LogP contribution is -2.58. The van der Waals surface area contributed by atoms with Crippen LogP contribution in [0.4, 0.5) is 9.93 Å². The van der Waals surface area contributed by atoms with E-state index in [0.717, 1.165) is 16.9 Å². The monoisotopic (exact) mass is 748 g/mol. The maximum absolute atomic E-state index is 14.7. The number of rotatable bonds is 11. The Labute approximate surface area is 301 Å². The number of aromatic nitrogens is 1. The second-order valence-corrected chi connectivity index (χ2v) is 18.5. The van der Waals surface area contributed by atoms with Gasteiger partial charge in [-0.3, -0.25) is 24.0 Å². The first-order valence-corrected chi connectivity index (χ1v) is 19.9. The molecule has 16 heteroatoms. The molecule has 3 fully saturated rings. The highest BCUT2D eigenvalue weighted by Crippen LogP contribution is 2.49. The van der Waals surface area contributed by atoms with Gasteiger partial charge in [0.05, 0.1) is 17.8 Å². The third kappa shape index (κ3) is 6.80. The Kier molecular flexibility index (Phi) is 9.66. The summed E-state index contributed by atoms with van der Waals surface area (Å²) in [5.74, 6) is -2.48. The molecule has 13 nitrogen and oxygen atoms in total. The van der Waals surface area contributed by atoms with Gasteiger partial charge < -0.3 is 20.6 Å². The van der Waals surface area contributed by atoms with Crippen LogP contribution >= 0.6 is 22.9 Å². The van der Waals surface area contributed by atoms with Gasteiger partial charge in [0.25, 0.3) is 5.91 Å². The number of aryl methyl sites for hydroxylation is 1. The summed E-state index contributed by atoms with van der Waals surface area (Å²) in [6, 6.07) is 2.75. The summed E-state index contributed by atoms with van der Waals surface area (Å²) in [4.78, 5) is 63.6. The van der Waals surface area contributed by atoms with Crippen molar-refractivity contribution in [3.63, 3.8) is 0 Å². The maximum Gasteiger partial charge on any atom is 0.408 e. The largest absolute Gasteiger partial charge is 0.465 e. The van der Waals surface area contributed by atoms with Gasteiger partial charge in [0, 0.05) is 28.6 Å². The molecule has 2 saturated carbocycles. The van der Waals surface area contributed by atoms with Gasteiger partial charge in [-0.2, -0.15) is 0 Å². The summed E-state index contributed by atoms with van der Waals surface area (Å²) in [5, 5.41) is 16.9. The van der Waals surface area contributed by atoms with Crippen LogP contribution in [0.5, 0.6) is 0 Å². The fraction of sp³-hybridized carbons (Fsp3) is 0.618. The van der Waals surface area contributed by atoms with Crippen molar-refractivity contribution < 1.29 is 32.7 Å². The summed E-state index contributed by atoms with van der Waals surface area (Å²) in [5.41, 5.74) is -0.640. The van der Waals surface area contributed by atoms with Crippen LogP contribution in [0.15, 0.2) is 24.4 Å². The average molecular weight is 749 g/mol. The molecule has 0 radical (unpaired) electrons. The van der Waals surface area contributed by atoms with E-state index in [4.69, 9.17) is 11.6 Å². The van der Waals surface area contributed by atoms with Crippen molar-refractivity contribution in [2.75, 3.05) is 11.9 Å². The predicted octanol–water partition coefficient (Wildman–Crippen LogP) is 4.53. The van der Waals surface area contributed by atoms with Crippen LogP contribution in [0.1, 0.15) is 88.8 Å². The molecular formula is C34H45ClN6O7S2. The zero-order valence-corrected chi connectivity index (χ0v) is 31.3. The number of anilines is 1. The molecule has 6 rings (SSSR count). The van der Waals surface area contributed by atoms with E-state index in [1.807, 2.05) is 40.7 Å². The Morgan fingerprint density at radius 1 is 1.16 bits per heavy atom. The first kappa shape index (κ1) is 36.4. The number of thiazole rings is 1. The molecule has 0 spiro atoms.